The number of hydrogen-bond donors (Lipinski definition) is 0. The minimum absolute atomic E-state index is 0.00997. The highest BCUT2D eigenvalue weighted by molar-refractivity contribution is 5.95. The van der Waals surface area contributed by atoms with Crippen LogP contribution in [-0.4, -0.2) is 36.1 Å². The second-order valence-electron chi connectivity index (χ2n) is 13.9. The Morgan fingerprint density at radius 3 is 2.15 bits per heavy atom. The van der Waals surface area contributed by atoms with Gasteiger partial charge in [-0.1, -0.05) is 33.8 Å². The van der Waals surface area contributed by atoms with Crippen LogP contribution in [-0.2, 0) is 23.9 Å². The van der Waals surface area contributed by atoms with E-state index < -0.39 is 17.5 Å². The summed E-state index contributed by atoms with van der Waals surface area (Å²) in [5.74, 6) is 0.483. The number of esters is 2. The van der Waals surface area contributed by atoms with Crippen molar-refractivity contribution < 1.29 is 37.0 Å². The van der Waals surface area contributed by atoms with E-state index in [1.165, 1.54) is 13.8 Å². The molecule has 0 aromatic rings. The summed E-state index contributed by atoms with van der Waals surface area (Å²) in [5.41, 5.74) is -1.23. The number of ketones is 1. The molecule has 0 radical (unpaired) electrons. The average molecular weight is 569 g/mol. The first-order valence-electron chi connectivity index (χ1n) is 15.2. The molecular formula is C32H47F3O5. The first kappa shape index (κ1) is 31.1. The van der Waals surface area contributed by atoms with Gasteiger partial charge in [-0.2, -0.15) is 13.2 Å². The van der Waals surface area contributed by atoms with Crippen molar-refractivity contribution in [2.45, 2.75) is 124 Å². The lowest BCUT2D eigenvalue weighted by Crippen LogP contribution is -2.61. The van der Waals surface area contributed by atoms with Crippen LogP contribution in [0.5, 0.6) is 0 Å². The molecule has 0 aliphatic heterocycles. The lowest BCUT2D eigenvalue weighted by molar-refractivity contribution is -0.206. The maximum absolute atomic E-state index is 13.0. The van der Waals surface area contributed by atoms with Crippen LogP contribution in [0.3, 0.4) is 0 Å². The van der Waals surface area contributed by atoms with Gasteiger partial charge in [-0.15, -0.1) is 0 Å². The number of carbonyl (C=O) groups excluding carboxylic acids is 3. The van der Waals surface area contributed by atoms with Crippen LogP contribution in [0.1, 0.15) is 105 Å². The largest absolute Gasteiger partial charge is 0.463 e. The molecule has 0 spiro atoms. The van der Waals surface area contributed by atoms with Gasteiger partial charge >= 0.3 is 18.1 Å². The van der Waals surface area contributed by atoms with Crippen molar-refractivity contribution in [3.8, 4) is 0 Å². The number of alkyl halides is 3. The highest BCUT2D eigenvalue weighted by atomic mass is 19.4. The predicted molar refractivity (Wildman–Crippen MR) is 145 cm³/mol. The summed E-state index contributed by atoms with van der Waals surface area (Å²) >= 11 is 0. The molecule has 0 heterocycles. The molecule has 4 aliphatic carbocycles. The van der Waals surface area contributed by atoms with E-state index in [1.807, 2.05) is 0 Å². The molecule has 0 bridgehead atoms. The topological polar surface area (TPSA) is 69.7 Å². The molecule has 4 fully saturated rings. The molecule has 10 atom stereocenters. The Bertz CT molecular complexity index is 1010. The summed E-state index contributed by atoms with van der Waals surface area (Å²) in [6.45, 7) is 12.7. The Labute approximate surface area is 237 Å². The second kappa shape index (κ2) is 11.4. The van der Waals surface area contributed by atoms with Crippen molar-refractivity contribution in [2.75, 3.05) is 0 Å². The van der Waals surface area contributed by atoms with E-state index in [4.69, 9.17) is 9.47 Å². The van der Waals surface area contributed by atoms with Crippen LogP contribution in [0.2, 0.25) is 0 Å². The van der Waals surface area contributed by atoms with E-state index in [0.29, 0.717) is 30.1 Å². The molecule has 0 aromatic carbocycles. The minimum Gasteiger partial charge on any atom is -0.463 e. The average Bonchev–Trinajstić information content (AvgIpc) is 2.85. The summed E-state index contributed by atoms with van der Waals surface area (Å²) in [4.78, 5) is 36.1. The maximum atomic E-state index is 13.0. The highest BCUT2D eigenvalue weighted by Gasteiger charge is 2.62. The van der Waals surface area contributed by atoms with Crippen molar-refractivity contribution in [1.29, 1.82) is 0 Å². The molecular weight excluding hydrogens is 521 g/mol. The molecule has 0 amide bonds. The van der Waals surface area contributed by atoms with Crippen LogP contribution >= 0.6 is 0 Å². The molecule has 4 saturated carbocycles. The molecule has 4 aliphatic rings. The zero-order valence-electron chi connectivity index (χ0n) is 24.8. The lowest BCUT2D eigenvalue weighted by Gasteiger charge is -2.65. The Kier molecular flexibility index (Phi) is 8.88. The third-order valence-electron chi connectivity index (χ3n) is 11.8. The molecule has 0 unspecified atom stereocenters. The van der Waals surface area contributed by atoms with Gasteiger partial charge in [-0.25, -0.2) is 0 Å². The van der Waals surface area contributed by atoms with Crippen molar-refractivity contribution in [3.63, 3.8) is 0 Å². The normalized spacial score (nSPS) is 40.0. The number of fused-ring (bicyclic) bond motifs is 5. The van der Waals surface area contributed by atoms with Gasteiger partial charge in [0.1, 0.15) is 12.2 Å². The second-order valence-corrected chi connectivity index (χ2v) is 13.9. The van der Waals surface area contributed by atoms with Crippen LogP contribution in [0.4, 0.5) is 13.2 Å². The molecule has 226 valence electrons. The Balaban J connectivity index is 1.54. The molecule has 0 aromatic heterocycles. The fourth-order valence-electron chi connectivity index (χ4n) is 9.96. The number of allylic oxidation sites excluding steroid dienone is 1. The predicted octanol–water partition coefficient (Wildman–Crippen LogP) is 7.61. The standard InChI is InChI=1S/C32H47F3O5/c1-18(10-11-28(38)19(2)32(33,34)35)24-8-7-9-25-23-17-29(40-21(4)37)27-16-22(39-20(3)36)12-14-31(27,6)26(23)13-15-30(24,25)5/h18,22-27,29H,2,7-17H2,1,3-6H3/t18-,22-,23+,24-,25+,26+,27+,29+,30-,31-/m1/s1. The summed E-state index contributed by atoms with van der Waals surface area (Å²) in [6.07, 6.45) is 3.88. The van der Waals surface area contributed by atoms with Crippen LogP contribution in [0, 0.1) is 46.3 Å². The van der Waals surface area contributed by atoms with Gasteiger partial charge in [0.2, 0.25) is 0 Å². The summed E-state index contributed by atoms with van der Waals surface area (Å²) < 4.78 is 50.6. The fourth-order valence-corrected chi connectivity index (χ4v) is 9.96. The summed E-state index contributed by atoms with van der Waals surface area (Å²) in [5, 5.41) is 0. The van der Waals surface area contributed by atoms with Gasteiger partial charge in [0.05, 0.1) is 5.57 Å². The minimum atomic E-state index is -4.68. The molecule has 8 heteroatoms. The number of rotatable bonds is 7. The third kappa shape index (κ3) is 5.88. The Morgan fingerprint density at radius 1 is 0.900 bits per heavy atom. The highest BCUT2D eigenvalue weighted by Crippen LogP contribution is 2.67. The van der Waals surface area contributed by atoms with Gasteiger partial charge in [-0.05, 0) is 98.2 Å². The van der Waals surface area contributed by atoms with Gasteiger partial charge in [0.15, 0.2) is 5.78 Å². The number of carbonyl (C=O) groups is 3. The number of Topliss-reactive ketones (excluding diaryl/α,β-unsaturated/α-hetero) is 1. The van der Waals surface area contributed by atoms with Crippen molar-refractivity contribution >= 4 is 17.7 Å². The molecule has 0 saturated heterocycles. The van der Waals surface area contributed by atoms with Crippen molar-refractivity contribution in [3.05, 3.63) is 12.2 Å². The first-order valence-corrected chi connectivity index (χ1v) is 15.2. The molecule has 40 heavy (non-hydrogen) atoms. The maximum Gasteiger partial charge on any atom is 0.419 e. The summed E-state index contributed by atoms with van der Waals surface area (Å²) in [7, 11) is 0. The van der Waals surface area contributed by atoms with Crippen molar-refractivity contribution in [1.82, 2.24) is 0 Å². The zero-order valence-corrected chi connectivity index (χ0v) is 24.8. The Hall–Kier alpha value is -1.86. The van der Waals surface area contributed by atoms with E-state index in [1.54, 1.807) is 0 Å². The fraction of sp³-hybridized carbons (Fsp3) is 0.844. The quantitative estimate of drug-likeness (QED) is 0.234. The van der Waals surface area contributed by atoms with Crippen LogP contribution in [0.15, 0.2) is 12.2 Å². The number of ether oxygens (including phenoxy) is 2. The molecule has 5 nitrogen and oxygen atoms in total. The third-order valence-corrected chi connectivity index (χ3v) is 11.8. The van der Waals surface area contributed by atoms with Gasteiger partial charge in [-0.3, -0.25) is 14.4 Å². The van der Waals surface area contributed by atoms with Gasteiger partial charge in [0, 0.05) is 26.2 Å². The van der Waals surface area contributed by atoms with Gasteiger partial charge in [0.25, 0.3) is 0 Å². The SMILES string of the molecule is C=C(C(=O)CC[C@@H](C)[C@H]1CCC[C@H]2[C@@H]3C[C@H](OC(C)=O)[C@@H]4C[C@H](OC(C)=O)CC[C@]4(C)[C@H]3CC[C@]12C)C(F)(F)F. The van der Waals surface area contributed by atoms with E-state index in [0.717, 1.165) is 57.8 Å². The van der Waals surface area contributed by atoms with Crippen LogP contribution < -0.4 is 0 Å². The zero-order chi connectivity index (χ0) is 29.6. The number of hydrogen-bond acceptors (Lipinski definition) is 5. The smallest absolute Gasteiger partial charge is 0.419 e. The summed E-state index contributed by atoms with van der Waals surface area (Å²) in [6, 6.07) is 0. The number of halogens is 3. The van der Waals surface area contributed by atoms with E-state index in [2.05, 4.69) is 27.4 Å². The van der Waals surface area contributed by atoms with E-state index >= 15 is 0 Å². The Morgan fingerprint density at radius 2 is 1.52 bits per heavy atom. The first-order chi connectivity index (χ1) is 18.6. The van der Waals surface area contributed by atoms with Gasteiger partial charge < -0.3 is 9.47 Å². The molecule has 0 N–H and O–H groups in total. The van der Waals surface area contributed by atoms with E-state index in [-0.39, 0.29) is 53.2 Å². The molecule has 4 rings (SSSR count). The van der Waals surface area contributed by atoms with Crippen molar-refractivity contribution in [2.24, 2.45) is 46.3 Å². The monoisotopic (exact) mass is 568 g/mol. The van der Waals surface area contributed by atoms with E-state index in [9.17, 15) is 27.6 Å². The van der Waals surface area contributed by atoms with Crippen LogP contribution in [0.25, 0.3) is 0 Å². The lowest BCUT2D eigenvalue weighted by atomic mass is 9.40.